The normalized spacial score (nSPS) is 35.8. The molecule has 1 fully saturated rings. The topological polar surface area (TPSA) is 169 Å². The molecule has 1 saturated heterocycles. The van der Waals surface area contributed by atoms with Crippen LogP contribution in [0.15, 0.2) is 0 Å². The van der Waals surface area contributed by atoms with Gasteiger partial charge >= 0.3 is 23.5 Å². The smallest absolute Gasteiger partial charge is 0.377 e. The minimum Gasteiger partial charge on any atom is -0.377 e. The average Bonchev–Trinajstić information content (AvgIpc) is 2.57. The van der Waals surface area contributed by atoms with E-state index in [0.717, 1.165) is 0 Å². The van der Waals surface area contributed by atoms with Crippen molar-refractivity contribution in [2.75, 3.05) is 6.61 Å². The highest BCUT2D eigenvalue weighted by Crippen LogP contribution is 2.66. The van der Waals surface area contributed by atoms with E-state index in [1.807, 2.05) is 5.92 Å². The van der Waals surface area contributed by atoms with Gasteiger partial charge in [-0.05, 0) is 0 Å². The number of hydrogen-bond donors (Lipinski definition) is 4. The summed E-state index contributed by atoms with van der Waals surface area (Å²) >= 11 is 0. The van der Waals surface area contributed by atoms with Crippen molar-refractivity contribution in [1.82, 2.24) is 0 Å². The Bertz CT molecular complexity index is 660. The maximum atomic E-state index is 14.4. The summed E-state index contributed by atoms with van der Waals surface area (Å²) in [5.74, 6) is 0.990. The standard InChI is InChI=1S/C8H15BFO11P3/c1-3-8(10)5(2)6(19-7(8)9)4-18-23(14,15)21-24(16,17)20-22(11,12)13/h1,5-7H,4,9H2,2H3,(H,14,15)(H,16,17)(H2,11,12,13)/t5-,6-,7-,8-/m1/s1. The molecule has 0 saturated carbocycles. The van der Waals surface area contributed by atoms with E-state index in [-0.39, 0.29) is 0 Å². The minimum atomic E-state index is -5.60. The fourth-order valence-corrected chi connectivity index (χ4v) is 5.05. The number of phosphoric ester groups is 1. The molecular formula is C8H15BFO11P3. The molecule has 0 aromatic carbocycles. The van der Waals surface area contributed by atoms with Crippen molar-refractivity contribution >= 4 is 31.3 Å². The summed E-state index contributed by atoms with van der Waals surface area (Å²) in [7, 11) is -15.0. The lowest BCUT2D eigenvalue weighted by atomic mass is 9.78. The predicted molar refractivity (Wildman–Crippen MR) is 78.9 cm³/mol. The molecule has 16 heteroatoms. The molecule has 1 heterocycles. The highest BCUT2D eigenvalue weighted by Gasteiger charge is 2.52. The molecule has 0 bridgehead atoms. The summed E-state index contributed by atoms with van der Waals surface area (Å²) in [4.78, 5) is 35.1. The lowest BCUT2D eigenvalue weighted by Gasteiger charge is -2.22. The molecule has 24 heavy (non-hydrogen) atoms. The van der Waals surface area contributed by atoms with Crippen LogP contribution in [0.5, 0.6) is 0 Å². The molecular weight excluding hydrogens is 395 g/mol. The molecule has 1 aliphatic heterocycles. The number of terminal acetylenes is 1. The molecule has 138 valence electrons. The first kappa shape index (κ1) is 22.0. The zero-order valence-corrected chi connectivity index (χ0v) is 15.1. The molecule has 0 spiro atoms. The molecule has 0 aromatic heterocycles. The van der Waals surface area contributed by atoms with Gasteiger partial charge in [0.05, 0.1) is 18.7 Å². The van der Waals surface area contributed by atoms with Crippen LogP contribution in [0.1, 0.15) is 6.92 Å². The van der Waals surface area contributed by atoms with Gasteiger partial charge in [-0.2, -0.15) is 8.62 Å². The van der Waals surface area contributed by atoms with E-state index in [0.29, 0.717) is 0 Å². The van der Waals surface area contributed by atoms with Crippen molar-refractivity contribution in [1.29, 1.82) is 0 Å². The fraction of sp³-hybridized carbons (Fsp3) is 0.750. The summed E-state index contributed by atoms with van der Waals surface area (Å²) < 4.78 is 64.2. The molecule has 1 rings (SSSR count). The Hall–Kier alpha value is -0.0751. The van der Waals surface area contributed by atoms with Gasteiger partial charge in [-0.25, -0.2) is 18.1 Å². The summed E-state index contributed by atoms with van der Waals surface area (Å²) in [6, 6.07) is -1.04. The van der Waals surface area contributed by atoms with Crippen LogP contribution < -0.4 is 0 Å². The number of ether oxygens (including phenoxy) is 1. The van der Waals surface area contributed by atoms with E-state index in [9.17, 15) is 23.0 Å². The second-order valence-corrected chi connectivity index (χ2v) is 9.32. The summed E-state index contributed by atoms with van der Waals surface area (Å²) in [6.45, 7) is 0.622. The lowest BCUT2D eigenvalue weighted by molar-refractivity contribution is 0.0244. The molecule has 6 atom stereocenters. The van der Waals surface area contributed by atoms with E-state index >= 15 is 0 Å². The Kier molecular flexibility index (Phi) is 6.66. The molecule has 0 amide bonds. The van der Waals surface area contributed by atoms with Crippen LogP contribution in [0, 0.1) is 18.3 Å². The Morgan fingerprint density at radius 2 is 1.79 bits per heavy atom. The van der Waals surface area contributed by atoms with Gasteiger partial charge in [0.15, 0.2) is 5.67 Å². The molecule has 0 aliphatic carbocycles. The van der Waals surface area contributed by atoms with Gasteiger partial charge in [0.2, 0.25) is 0 Å². The van der Waals surface area contributed by atoms with Crippen molar-refractivity contribution in [2.24, 2.45) is 5.92 Å². The van der Waals surface area contributed by atoms with Gasteiger partial charge in [-0.15, -0.1) is 6.42 Å². The van der Waals surface area contributed by atoms with Crippen LogP contribution in [0.2, 0.25) is 0 Å². The minimum absolute atomic E-state index is 0.747. The third-order valence-electron chi connectivity index (χ3n) is 3.23. The Balaban J connectivity index is 2.70. The summed E-state index contributed by atoms with van der Waals surface area (Å²) in [6.07, 6.45) is 4.02. The van der Waals surface area contributed by atoms with E-state index in [1.165, 1.54) is 14.8 Å². The molecule has 4 N–H and O–H groups in total. The second kappa shape index (κ2) is 7.27. The van der Waals surface area contributed by atoms with E-state index in [4.69, 9.17) is 25.8 Å². The van der Waals surface area contributed by atoms with Crippen LogP contribution in [0.25, 0.3) is 0 Å². The lowest BCUT2D eigenvalue weighted by Crippen LogP contribution is -2.37. The Labute approximate surface area is 137 Å². The average molecular weight is 410 g/mol. The SMILES string of the molecule is B[C@@H]1O[C@H](COP(=O)(O)OP(=O)(O)OP(=O)(O)O)[C@@H](C)[C@]1(F)C#C. The zero-order valence-electron chi connectivity index (χ0n) is 12.4. The first-order chi connectivity index (χ1) is 10.6. The first-order valence-corrected chi connectivity index (χ1v) is 10.7. The Morgan fingerprint density at radius 1 is 1.25 bits per heavy atom. The number of hydrogen-bond acceptors (Lipinski definition) is 7. The van der Waals surface area contributed by atoms with Crippen molar-refractivity contribution in [3.05, 3.63) is 0 Å². The van der Waals surface area contributed by atoms with Crippen molar-refractivity contribution in [3.63, 3.8) is 0 Å². The largest absolute Gasteiger partial charge is 0.490 e. The maximum Gasteiger partial charge on any atom is 0.490 e. The molecule has 0 radical (unpaired) electrons. The molecule has 11 nitrogen and oxygen atoms in total. The monoisotopic (exact) mass is 410 g/mol. The molecule has 1 aliphatic rings. The summed E-state index contributed by atoms with van der Waals surface area (Å²) in [5, 5.41) is 0. The van der Waals surface area contributed by atoms with Crippen LogP contribution in [-0.4, -0.2) is 51.8 Å². The number of rotatable bonds is 7. The van der Waals surface area contributed by atoms with Crippen LogP contribution in [-0.2, 0) is 31.6 Å². The first-order valence-electron chi connectivity index (χ1n) is 6.22. The molecule has 0 aromatic rings. The van der Waals surface area contributed by atoms with E-state index in [1.54, 1.807) is 0 Å². The van der Waals surface area contributed by atoms with Gasteiger partial charge in [0.25, 0.3) is 0 Å². The third kappa shape index (κ3) is 5.73. The van der Waals surface area contributed by atoms with Gasteiger partial charge < -0.3 is 24.3 Å². The van der Waals surface area contributed by atoms with Crippen LogP contribution in [0.3, 0.4) is 0 Å². The van der Waals surface area contributed by atoms with Gasteiger partial charge in [0.1, 0.15) is 7.85 Å². The summed E-state index contributed by atoms with van der Waals surface area (Å²) in [5.41, 5.74) is -2.15. The highest BCUT2D eigenvalue weighted by molar-refractivity contribution is 7.66. The van der Waals surface area contributed by atoms with Gasteiger partial charge in [-0.3, -0.25) is 4.52 Å². The zero-order chi connectivity index (χ0) is 19.0. The van der Waals surface area contributed by atoms with Crippen molar-refractivity contribution in [2.45, 2.75) is 24.7 Å². The fourth-order valence-electron chi connectivity index (χ4n) is 2.02. The second-order valence-electron chi connectivity index (χ2n) is 4.90. The number of halogens is 1. The predicted octanol–water partition coefficient (Wildman–Crippen LogP) is -0.335. The molecule has 2 unspecified atom stereocenters. The van der Waals surface area contributed by atoms with Gasteiger partial charge in [0, 0.05) is 5.92 Å². The van der Waals surface area contributed by atoms with Crippen LogP contribution >= 0.6 is 23.5 Å². The number of phosphoric acid groups is 3. The van der Waals surface area contributed by atoms with Crippen LogP contribution in [0.4, 0.5) is 4.39 Å². The highest BCUT2D eigenvalue weighted by atomic mass is 31.3. The van der Waals surface area contributed by atoms with Crippen molar-refractivity contribution in [3.8, 4) is 12.3 Å². The van der Waals surface area contributed by atoms with Crippen molar-refractivity contribution < 1.29 is 55.5 Å². The third-order valence-corrected chi connectivity index (χ3v) is 7.03. The Morgan fingerprint density at radius 3 is 2.21 bits per heavy atom. The quantitative estimate of drug-likeness (QED) is 0.246. The van der Waals surface area contributed by atoms with Gasteiger partial charge in [-0.1, -0.05) is 12.8 Å². The number of alkyl halides is 1. The van der Waals surface area contributed by atoms with E-state index in [2.05, 4.69) is 13.1 Å². The van der Waals surface area contributed by atoms with E-state index < -0.39 is 53.8 Å². The maximum absolute atomic E-state index is 14.4.